The van der Waals surface area contributed by atoms with Crippen molar-refractivity contribution in [3.8, 4) is 5.69 Å². The lowest BCUT2D eigenvalue weighted by atomic mass is 10.0. The molecule has 0 radical (unpaired) electrons. The second-order valence-corrected chi connectivity index (χ2v) is 14.1. The summed E-state index contributed by atoms with van der Waals surface area (Å²) in [5, 5.41) is 14.4. The zero-order chi connectivity index (χ0) is 42.4. The normalized spacial score (nSPS) is 15.6. The fourth-order valence-corrected chi connectivity index (χ4v) is 7.27. The summed E-state index contributed by atoms with van der Waals surface area (Å²) in [4.78, 5) is 51.5. The molecule has 4 heterocycles. The van der Waals surface area contributed by atoms with Crippen LogP contribution in [-0.4, -0.2) is 115 Å². The van der Waals surface area contributed by atoms with Gasteiger partial charge in [-0.3, -0.25) is 38.6 Å². The Morgan fingerprint density at radius 3 is 2.22 bits per heavy atom. The Bertz CT molecular complexity index is 2410. The van der Waals surface area contributed by atoms with E-state index in [4.69, 9.17) is 18.9 Å². The molecule has 1 fully saturated rings. The van der Waals surface area contributed by atoms with E-state index in [9.17, 15) is 32.3 Å². The van der Waals surface area contributed by atoms with Crippen molar-refractivity contribution in [2.24, 2.45) is 7.05 Å². The van der Waals surface area contributed by atoms with Gasteiger partial charge in [0.1, 0.15) is 6.04 Å². The van der Waals surface area contributed by atoms with Gasteiger partial charge < -0.3 is 29.6 Å². The number of fused-ring (bicyclic) bond motifs is 4. The van der Waals surface area contributed by atoms with Crippen LogP contribution in [0.4, 0.5) is 18.9 Å². The SMILES string of the molecule is C=C1c2c(NCCOCCOCCOCCOCCNC(=O)c3ccc4c(c3)c3cn(C)nc3n4-c3ccc(C(F)(F)F)cc3)cccc2C(=O)N1C1CCC(=O)NC1=O. The molecule has 2 aromatic heterocycles. The number of hydrogen-bond acceptors (Lipinski definition) is 10. The topological polar surface area (TPSA) is 167 Å². The molecule has 15 nitrogen and oxygen atoms in total. The summed E-state index contributed by atoms with van der Waals surface area (Å²) >= 11 is 0. The zero-order valence-electron chi connectivity index (χ0n) is 32.8. The van der Waals surface area contributed by atoms with Crippen molar-refractivity contribution in [1.29, 1.82) is 0 Å². The minimum Gasteiger partial charge on any atom is -0.382 e. The van der Waals surface area contributed by atoms with Crippen molar-refractivity contribution in [2.75, 3.05) is 71.3 Å². The number of nitrogens with zero attached hydrogens (tertiary/aromatic N) is 4. The van der Waals surface area contributed by atoms with Gasteiger partial charge in [0, 0.05) is 71.7 Å². The molecular formula is C42H44F3N7O8. The van der Waals surface area contributed by atoms with Crippen LogP contribution in [-0.2, 0) is 41.8 Å². The Hall–Kier alpha value is -6.08. The van der Waals surface area contributed by atoms with E-state index >= 15 is 0 Å². The molecule has 2 aliphatic heterocycles. The molecule has 2 aliphatic rings. The van der Waals surface area contributed by atoms with Crippen LogP contribution in [0.2, 0.25) is 0 Å². The first-order valence-electron chi connectivity index (χ1n) is 19.4. The quantitative estimate of drug-likeness (QED) is 0.0786. The maximum atomic E-state index is 13.2. The maximum Gasteiger partial charge on any atom is 0.416 e. The van der Waals surface area contributed by atoms with E-state index in [1.165, 1.54) is 17.0 Å². The van der Waals surface area contributed by atoms with Crippen LogP contribution in [0.15, 0.2) is 73.4 Å². The van der Waals surface area contributed by atoms with Crippen molar-refractivity contribution < 1.29 is 51.3 Å². The van der Waals surface area contributed by atoms with Crippen molar-refractivity contribution in [1.82, 2.24) is 29.9 Å². The summed E-state index contributed by atoms with van der Waals surface area (Å²) in [6, 6.07) is 14.5. The molecule has 18 heteroatoms. The predicted octanol–water partition coefficient (Wildman–Crippen LogP) is 4.68. The average molecular weight is 832 g/mol. The van der Waals surface area contributed by atoms with Gasteiger partial charge in [0.2, 0.25) is 11.8 Å². The van der Waals surface area contributed by atoms with Crippen LogP contribution in [0.5, 0.6) is 0 Å². The maximum absolute atomic E-state index is 13.2. The third-order valence-corrected chi connectivity index (χ3v) is 10.1. The summed E-state index contributed by atoms with van der Waals surface area (Å²) in [6.07, 6.45) is -2.24. The van der Waals surface area contributed by atoms with E-state index in [0.29, 0.717) is 97.7 Å². The molecule has 0 saturated carbocycles. The highest BCUT2D eigenvalue weighted by atomic mass is 19.4. The number of nitrogens with one attached hydrogen (secondary N) is 3. The first kappa shape index (κ1) is 42.1. The van der Waals surface area contributed by atoms with Gasteiger partial charge in [-0.1, -0.05) is 12.6 Å². The number of piperidine rings is 1. The van der Waals surface area contributed by atoms with Crippen molar-refractivity contribution in [2.45, 2.75) is 25.1 Å². The standard InChI is InChI=1S/C42H44F3N7O8/c1-26-37-30(41(56)51(26)35-12-13-36(53)48-40(35)55)4-3-5-33(37)46-14-16-57-18-20-59-22-23-60-21-19-58-17-15-47-39(54)27-6-11-34-31(24-27)32-25-50(2)49-38(32)52(34)29-9-7-28(8-10-29)42(43,44)45/h3-11,24-25,35,46H,1,12-23H2,2H3,(H,47,54)(H,48,53,55). The fourth-order valence-electron chi connectivity index (χ4n) is 7.27. The average Bonchev–Trinajstić information content (AvgIpc) is 3.83. The number of halogens is 3. The largest absolute Gasteiger partial charge is 0.416 e. The van der Waals surface area contributed by atoms with E-state index in [0.717, 1.165) is 22.9 Å². The summed E-state index contributed by atoms with van der Waals surface area (Å²) in [5.74, 6) is -1.47. The summed E-state index contributed by atoms with van der Waals surface area (Å²) in [7, 11) is 1.75. The van der Waals surface area contributed by atoms with Gasteiger partial charge in [-0.2, -0.15) is 18.3 Å². The minimum absolute atomic E-state index is 0.156. The number of carbonyl (C=O) groups is 4. The molecular weight excluding hydrogens is 787 g/mol. The molecule has 1 unspecified atom stereocenters. The highest BCUT2D eigenvalue weighted by Crippen LogP contribution is 2.39. The van der Waals surface area contributed by atoms with Crippen molar-refractivity contribution in [3.05, 3.63) is 95.7 Å². The first-order valence-corrected chi connectivity index (χ1v) is 19.4. The molecule has 3 aromatic carbocycles. The number of imide groups is 1. The number of hydrogen-bond donors (Lipinski definition) is 3. The smallest absolute Gasteiger partial charge is 0.382 e. The third-order valence-electron chi connectivity index (χ3n) is 10.1. The number of alkyl halides is 3. The molecule has 316 valence electrons. The Balaban J connectivity index is 0.741. The Labute approximate surface area is 342 Å². The van der Waals surface area contributed by atoms with Gasteiger partial charge in [0.25, 0.3) is 11.8 Å². The van der Waals surface area contributed by atoms with E-state index < -0.39 is 23.7 Å². The number of aryl methyl sites for hydroxylation is 1. The number of ether oxygens (including phenoxy) is 4. The van der Waals surface area contributed by atoms with Crippen LogP contribution < -0.4 is 16.0 Å². The van der Waals surface area contributed by atoms with Crippen LogP contribution in [0.1, 0.15) is 44.7 Å². The van der Waals surface area contributed by atoms with Gasteiger partial charge >= 0.3 is 6.18 Å². The summed E-state index contributed by atoms with van der Waals surface area (Å²) < 4.78 is 65.2. The van der Waals surface area contributed by atoms with Gasteiger partial charge in [-0.05, 0) is 61.0 Å². The fraction of sp³-hybridized carbons (Fsp3) is 0.357. The number of aromatic nitrogens is 3. The van der Waals surface area contributed by atoms with E-state index in [-0.39, 0.29) is 43.7 Å². The second-order valence-electron chi connectivity index (χ2n) is 14.1. The van der Waals surface area contributed by atoms with Crippen LogP contribution >= 0.6 is 0 Å². The molecule has 0 spiro atoms. The monoisotopic (exact) mass is 831 g/mol. The predicted molar refractivity (Wildman–Crippen MR) is 214 cm³/mol. The third kappa shape index (κ3) is 9.21. The highest BCUT2D eigenvalue weighted by Gasteiger charge is 2.42. The molecule has 1 saturated heterocycles. The molecule has 0 bridgehead atoms. The lowest BCUT2D eigenvalue weighted by Crippen LogP contribution is -2.52. The number of rotatable bonds is 19. The van der Waals surface area contributed by atoms with Gasteiger partial charge in [0.15, 0.2) is 5.65 Å². The van der Waals surface area contributed by atoms with Crippen molar-refractivity contribution >= 4 is 56.9 Å². The number of carbonyl (C=O) groups excluding carboxylic acids is 4. The van der Waals surface area contributed by atoms with E-state index in [1.807, 2.05) is 12.3 Å². The van der Waals surface area contributed by atoms with Gasteiger partial charge in [0.05, 0.1) is 69.5 Å². The molecule has 3 N–H and O–H groups in total. The number of benzene rings is 3. The minimum atomic E-state index is -4.44. The van der Waals surface area contributed by atoms with Crippen LogP contribution in [0.3, 0.4) is 0 Å². The Kier molecular flexibility index (Phi) is 12.9. The van der Waals surface area contributed by atoms with Gasteiger partial charge in [-0.15, -0.1) is 0 Å². The van der Waals surface area contributed by atoms with E-state index in [1.54, 1.807) is 46.6 Å². The van der Waals surface area contributed by atoms with Crippen LogP contribution in [0.25, 0.3) is 33.3 Å². The molecule has 7 rings (SSSR count). The van der Waals surface area contributed by atoms with Crippen molar-refractivity contribution in [3.63, 3.8) is 0 Å². The lowest BCUT2D eigenvalue weighted by Gasteiger charge is -2.30. The summed E-state index contributed by atoms with van der Waals surface area (Å²) in [6.45, 7) is 7.63. The molecule has 60 heavy (non-hydrogen) atoms. The Morgan fingerprint density at radius 1 is 0.883 bits per heavy atom. The first-order chi connectivity index (χ1) is 28.9. The zero-order valence-corrected chi connectivity index (χ0v) is 32.8. The number of amides is 4. The molecule has 4 amide bonds. The van der Waals surface area contributed by atoms with E-state index in [2.05, 4.69) is 27.6 Å². The molecule has 0 aliphatic carbocycles. The van der Waals surface area contributed by atoms with Crippen LogP contribution in [0, 0.1) is 0 Å². The number of anilines is 1. The second kappa shape index (κ2) is 18.5. The Morgan fingerprint density at radius 2 is 1.55 bits per heavy atom. The molecule has 1 atom stereocenters. The highest BCUT2D eigenvalue weighted by molar-refractivity contribution is 6.14. The molecule has 5 aromatic rings. The lowest BCUT2D eigenvalue weighted by molar-refractivity contribution is -0.138. The summed E-state index contributed by atoms with van der Waals surface area (Å²) in [5.41, 5.74) is 3.65. The van der Waals surface area contributed by atoms with Gasteiger partial charge in [-0.25, -0.2) is 0 Å².